The quantitative estimate of drug-likeness (QED) is 0.448. The molecule has 0 unspecified atom stereocenters. The van der Waals surface area contributed by atoms with Gasteiger partial charge >= 0.3 is 5.82 Å². The topological polar surface area (TPSA) is 117 Å². The normalized spacial score (nSPS) is 10.6. The number of amides is 1. The molecule has 3 rings (SSSR count). The lowest BCUT2D eigenvalue weighted by atomic mass is 10.2. The van der Waals surface area contributed by atoms with Gasteiger partial charge in [-0.3, -0.25) is 4.79 Å². The van der Waals surface area contributed by atoms with E-state index in [9.17, 15) is 14.9 Å². The van der Waals surface area contributed by atoms with E-state index in [0.717, 1.165) is 12.2 Å². The first-order chi connectivity index (χ1) is 13.5. The highest BCUT2D eigenvalue weighted by Crippen LogP contribution is 2.14. The van der Waals surface area contributed by atoms with Crippen molar-refractivity contribution in [3.8, 4) is 5.75 Å². The first-order valence-corrected chi connectivity index (χ1v) is 8.75. The highest BCUT2D eigenvalue weighted by Gasteiger charge is 2.12. The molecule has 146 valence electrons. The van der Waals surface area contributed by atoms with E-state index < -0.39 is 4.92 Å². The van der Waals surface area contributed by atoms with Crippen LogP contribution in [0.15, 0.2) is 48.9 Å². The Bertz CT molecular complexity index is 947. The Morgan fingerprint density at radius 3 is 2.71 bits per heavy atom. The molecule has 0 fully saturated rings. The minimum atomic E-state index is -0.578. The first-order valence-electron chi connectivity index (χ1n) is 8.75. The van der Waals surface area contributed by atoms with Crippen molar-refractivity contribution >= 4 is 17.4 Å². The molecule has 2 aromatic heterocycles. The van der Waals surface area contributed by atoms with Crippen molar-refractivity contribution in [3.63, 3.8) is 0 Å². The number of nitro groups is 1. The van der Waals surface area contributed by atoms with Gasteiger partial charge in [0.15, 0.2) is 6.73 Å². The van der Waals surface area contributed by atoms with Crippen molar-refractivity contribution < 1.29 is 14.5 Å². The molecule has 0 atom stereocenters. The summed E-state index contributed by atoms with van der Waals surface area (Å²) in [5.41, 5.74) is 1.78. The zero-order valence-corrected chi connectivity index (χ0v) is 15.3. The first kappa shape index (κ1) is 19.1. The fraction of sp³-hybridized carbons (Fsp3) is 0.278. The Labute approximate surface area is 160 Å². The molecule has 0 radical (unpaired) electrons. The van der Waals surface area contributed by atoms with Gasteiger partial charge in [-0.2, -0.15) is 9.78 Å². The van der Waals surface area contributed by atoms with E-state index in [1.54, 1.807) is 10.9 Å². The second kappa shape index (κ2) is 8.80. The van der Waals surface area contributed by atoms with Crippen LogP contribution in [0.2, 0.25) is 0 Å². The number of benzene rings is 1. The number of carbonyl (C=O) groups is 1. The SMILES string of the molecule is CCc1ccc(OCn2cc(NC(=O)CCn3ccc([N+](=O)[O-])n3)cn2)cc1. The van der Waals surface area contributed by atoms with Crippen molar-refractivity contribution in [2.45, 2.75) is 33.0 Å². The number of aromatic nitrogens is 4. The minimum Gasteiger partial charge on any atom is -0.471 e. The summed E-state index contributed by atoms with van der Waals surface area (Å²) in [5.74, 6) is 0.256. The molecule has 1 amide bonds. The number of nitrogens with one attached hydrogen (secondary N) is 1. The van der Waals surface area contributed by atoms with Crippen molar-refractivity contribution in [3.05, 3.63) is 64.6 Å². The molecule has 10 heteroatoms. The van der Waals surface area contributed by atoms with Crippen LogP contribution in [0.25, 0.3) is 0 Å². The van der Waals surface area contributed by atoms with E-state index in [4.69, 9.17) is 4.74 Å². The third kappa shape index (κ3) is 5.16. The van der Waals surface area contributed by atoms with Gasteiger partial charge in [-0.1, -0.05) is 19.1 Å². The lowest BCUT2D eigenvalue weighted by Crippen LogP contribution is -2.14. The van der Waals surface area contributed by atoms with Crippen LogP contribution in [0.4, 0.5) is 11.5 Å². The summed E-state index contributed by atoms with van der Waals surface area (Å²) >= 11 is 0. The zero-order chi connectivity index (χ0) is 19.9. The molecule has 2 heterocycles. The van der Waals surface area contributed by atoms with Crippen LogP contribution in [0.3, 0.4) is 0 Å². The predicted octanol–water partition coefficient (Wildman–Crippen LogP) is 2.62. The molecule has 1 N–H and O–H groups in total. The fourth-order valence-electron chi connectivity index (χ4n) is 2.47. The Balaban J connectivity index is 1.45. The van der Waals surface area contributed by atoms with Crippen molar-refractivity contribution in [1.29, 1.82) is 0 Å². The molecule has 0 bridgehead atoms. The van der Waals surface area contributed by atoms with Gasteiger partial charge in [-0.25, -0.2) is 4.68 Å². The number of hydrogen-bond donors (Lipinski definition) is 1. The largest absolute Gasteiger partial charge is 0.471 e. The molecular weight excluding hydrogens is 364 g/mol. The molecule has 1 aromatic carbocycles. The lowest BCUT2D eigenvalue weighted by Gasteiger charge is -2.06. The second-order valence-corrected chi connectivity index (χ2v) is 6.03. The summed E-state index contributed by atoms with van der Waals surface area (Å²) < 4.78 is 8.59. The molecule has 28 heavy (non-hydrogen) atoms. The monoisotopic (exact) mass is 384 g/mol. The van der Waals surface area contributed by atoms with Crippen LogP contribution in [0.1, 0.15) is 18.9 Å². The average molecular weight is 384 g/mol. The number of anilines is 1. The van der Waals surface area contributed by atoms with E-state index in [-0.39, 0.29) is 31.4 Å². The van der Waals surface area contributed by atoms with Gasteiger partial charge in [0.05, 0.1) is 42.0 Å². The van der Waals surface area contributed by atoms with E-state index in [2.05, 4.69) is 22.4 Å². The van der Waals surface area contributed by atoms with Crippen molar-refractivity contribution in [1.82, 2.24) is 19.6 Å². The summed E-state index contributed by atoms with van der Waals surface area (Å²) in [5, 5.41) is 21.2. The maximum absolute atomic E-state index is 12.0. The van der Waals surface area contributed by atoms with Crippen LogP contribution in [-0.2, 0) is 24.5 Å². The Kier molecular flexibility index (Phi) is 6.00. The van der Waals surface area contributed by atoms with Crippen LogP contribution in [0, 0.1) is 10.1 Å². The van der Waals surface area contributed by atoms with Gasteiger partial charge in [0.25, 0.3) is 0 Å². The number of aryl methyl sites for hydroxylation is 2. The number of carbonyl (C=O) groups excluding carboxylic acids is 1. The Morgan fingerprint density at radius 2 is 2.04 bits per heavy atom. The molecule has 0 saturated heterocycles. The predicted molar refractivity (Wildman–Crippen MR) is 101 cm³/mol. The van der Waals surface area contributed by atoms with E-state index >= 15 is 0 Å². The smallest absolute Gasteiger partial charge is 0.389 e. The summed E-state index contributed by atoms with van der Waals surface area (Å²) in [7, 11) is 0. The highest BCUT2D eigenvalue weighted by atomic mass is 16.6. The van der Waals surface area contributed by atoms with Crippen LogP contribution in [-0.4, -0.2) is 30.4 Å². The van der Waals surface area contributed by atoms with E-state index in [1.165, 1.54) is 28.7 Å². The Morgan fingerprint density at radius 1 is 1.25 bits per heavy atom. The Hall–Kier alpha value is -3.69. The fourth-order valence-corrected chi connectivity index (χ4v) is 2.47. The molecule has 0 aliphatic heterocycles. The van der Waals surface area contributed by atoms with E-state index in [1.807, 2.05) is 24.3 Å². The second-order valence-electron chi connectivity index (χ2n) is 6.03. The number of hydrogen-bond acceptors (Lipinski definition) is 6. The van der Waals surface area contributed by atoms with Gasteiger partial charge in [0, 0.05) is 6.42 Å². The van der Waals surface area contributed by atoms with Crippen LogP contribution < -0.4 is 10.1 Å². The molecule has 0 spiro atoms. The molecule has 10 nitrogen and oxygen atoms in total. The number of nitrogens with zero attached hydrogens (tertiary/aromatic N) is 5. The molecule has 0 aliphatic rings. The number of rotatable bonds is 9. The highest BCUT2D eigenvalue weighted by molar-refractivity contribution is 5.90. The molecular formula is C18H20N6O4. The maximum atomic E-state index is 12.0. The minimum absolute atomic E-state index is 0.129. The van der Waals surface area contributed by atoms with Gasteiger partial charge in [-0.15, -0.1) is 0 Å². The summed E-state index contributed by atoms with van der Waals surface area (Å²) in [6, 6.07) is 9.13. The van der Waals surface area contributed by atoms with Gasteiger partial charge in [-0.05, 0) is 29.0 Å². The van der Waals surface area contributed by atoms with E-state index in [0.29, 0.717) is 5.69 Å². The van der Waals surface area contributed by atoms with Gasteiger partial charge in [0.1, 0.15) is 5.75 Å². The zero-order valence-electron chi connectivity index (χ0n) is 15.3. The third-order valence-electron chi connectivity index (χ3n) is 3.99. The van der Waals surface area contributed by atoms with Crippen molar-refractivity contribution in [2.75, 3.05) is 5.32 Å². The van der Waals surface area contributed by atoms with Crippen molar-refractivity contribution in [2.24, 2.45) is 0 Å². The molecule has 0 aliphatic carbocycles. The lowest BCUT2D eigenvalue weighted by molar-refractivity contribution is -0.389. The molecule has 0 saturated carbocycles. The summed E-state index contributed by atoms with van der Waals surface area (Å²) in [6.45, 7) is 2.55. The van der Waals surface area contributed by atoms with Gasteiger partial charge in [0.2, 0.25) is 5.91 Å². The van der Waals surface area contributed by atoms with Gasteiger partial charge < -0.3 is 20.2 Å². The summed E-state index contributed by atoms with van der Waals surface area (Å²) in [4.78, 5) is 22.0. The van der Waals surface area contributed by atoms with Crippen LogP contribution >= 0.6 is 0 Å². The standard InChI is InChI=1S/C18H20N6O4/c1-2-14-3-5-16(6-4-14)28-13-23-12-15(11-19-23)20-18(25)8-10-22-9-7-17(21-22)24(26)27/h3-7,9,11-12H,2,8,10,13H2,1H3,(H,20,25). The average Bonchev–Trinajstić information content (AvgIpc) is 3.35. The third-order valence-corrected chi connectivity index (χ3v) is 3.99. The number of ether oxygens (including phenoxy) is 1. The molecule has 3 aromatic rings. The van der Waals surface area contributed by atoms with Crippen LogP contribution in [0.5, 0.6) is 5.75 Å². The maximum Gasteiger partial charge on any atom is 0.389 e. The summed E-state index contributed by atoms with van der Waals surface area (Å²) in [6.07, 6.45) is 5.76.